The highest BCUT2D eigenvalue weighted by atomic mass is 32.1. The zero-order chi connectivity index (χ0) is 37.4. The molecule has 0 radical (unpaired) electrons. The number of urea groups is 1. The number of nitrogens with one attached hydrogen (secondary N) is 2. The topological polar surface area (TPSA) is 131 Å². The van der Waals surface area contributed by atoms with Crippen LogP contribution in [0, 0.1) is 5.92 Å². The summed E-state index contributed by atoms with van der Waals surface area (Å²) in [5, 5.41) is 6.40. The summed E-state index contributed by atoms with van der Waals surface area (Å²) in [6.07, 6.45) is -0.724. The number of ether oxygens (including phenoxy) is 2. The lowest BCUT2D eigenvalue weighted by Gasteiger charge is -2.22. The molecule has 4 heterocycles. The van der Waals surface area contributed by atoms with Crippen molar-refractivity contribution < 1.29 is 32.2 Å². The number of benzene rings is 1. The lowest BCUT2D eigenvalue weighted by atomic mass is 9.99. The number of hydrogen-bond donors (Lipinski definition) is 2. The van der Waals surface area contributed by atoms with E-state index in [2.05, 4.69) is 37.4 Å². The summed E-state index contributed by atoms with van der Waals surface area (Å²) in [5.41, 5.74) is 0.0592. The minimum atomic E-state index is -4.65. The van der Waals surface area contributed by atoms with Gasteiger partial charge in [0.2, 0.25) is 5.43 Å². The Balaban J connectivity index is 1.50. The Hall–Kier alpha value is -4.38. The van der Waals surface area contributed by atoms with E-state index in [0.717, 1.165) is 55.9 Å². The van der Waals surface area contributed by atoms with Crippen LogP contribution < -0.4 is 16.1 Å². The monoisotopic (exact) mass is 743 g/mol. The second-order valence-corrected chi connectivity index (χ2v) is 13.4. The molecule has 1 saturated heterocycles. The zero-order valence-electron chi connectivity index (χ0n) is 29.7. The maximum Gasteiger partial charge on any atom is 0.434 e. The molecule has 1 atom stereocenters. The van der Waals surface area contributed by atoms with E-state index in [4.69, 9.17) is 9.47 Å². The lowest BCUT2D eigenvalue weighted by molar-refractivity contribution is -0.140. The second kappa shape index (κ2) is 17.4. The van der Waals surface area contributed by atoms with Crippen LogP contribution in [0.2, 0.25) is 0 Å². The summed E-state index contributed by atoms with van der Waals surface area (Å²) in [7, 11) is 2.08. The fourth-order valence-electron chi connectivity index (χ4n) is 6.18. The second-order valence-electron chi connectivity index (χ2n) is 12.6. The first-order valence-electron chi connectivity index (χ1n) is 17.3. The molecule has 1 fully saturated rings. The fourth-order valence-corrected chi connectivity index (χ4v) is 7.04. The third-order valence-electron chi connectivity index (χ3n) is 8.84. The van der Waals surface area contributed by atoms with Gasteiger partial charge in [-0.15, -0.1) is 11.3 Å². The van der Waals surface area contributed by atoms with Gasteiger partial charge in [-0.3, -0.25) is 10.1 Å². The summed E-state index contributed by atoms with van der Waals surface area (Å²) in [6, 6.07) is 6.07. The Kier molecular flexibility index (Phi) is 13.0. The van der Waals surface area contributed by atoms with Crippen LogP contribution in [0.15, 0.2) is 46.8 Å². The number of esters is 1. The van der Waals surface area contributed by atoms with Crippen molar-refractivity contribution in [2.75, 3.05) is 71.5 Å². The Morgan fingerprint density at radius 2 is 1.92 bits per heavy atom. The Labute approximate surface area is 303 Å². The number of pyridine rings is 2. The molecule has 0 aliphatic carbocycles. The fraction of sp³-hybridized carbons (Fsp3) is 0.472. The van der Waals surface area contributed by atoms with E-state index >= 15 is 0 Å². The van der Waals surface area contributed by atoms with Crippen LogP contribution in [0.5, 0.6) is 0 Å². The summed E-state index contributed by atoms with van der Waals surface area (Å²) in [4.78, 5) is 52.0. The number of thiazole rings is 1. The third kappa shape index (κ3) is 9.53. The van der Waals surface area contributed by atoms with Crippen LogP contribution in [0.4, 0.5) is 23.8 Å². The number of amides is 2. The molecule has 1 aromatic carbocycles. The molecule has 3 aromatic heterocycles. The van der Waals surface area contributed by atoms with Crippen molar-refractivity contribution in [1.29, 1.82) is 0 Å². The molecule has 0 spiro atoms. The van der Waals surface area contributed by atoms with Crippen LogP contribution in [0.1, 0.15) is 43.2 Å². The van der Waals surface area contributed by atoms with Crippen LogP contribution in [0.25, 0.3) is 32.6 Å². The van der Waals surface area contributed by atoms with Gasteiger partial charge < -0.3 is 29.2 Å². The minimum absolute atomic E-state index is 0.0488. The number of hydrogen-bond acceptors (Lipinski definition) is 10. The zero-order valence-corrected chi connectivity index (χ0v) is 30.5. The molecular weight excluding hydrogens is 700 g/mol. The molecule has 1 aliphatic rings. The number of carbonyl (C=O) groups excluding carboxylic acids is 2. The average Bonchev–Trinajstić information content (AvgIpc) is 3.79. The highest BCUT2D eigenvalue weighted by molar-refractivity contribution is 7.13. The average molecular weight is 744 g/mol. The number of halogens is 3. The van der Waals surface area contributed by atoms with Gasteiger partial charge >= 0.3 is 18.2 Å². The van der Waals surface area contributed by atoms with Crippen molar-refractivity contribution in [3.8, 4) is 21.7 Å². The number of anilines is 1. The van der Waals surface area contributed by atoms with Crippen LogP contribution >= 0.6 is 11.3 Å². The van der Waals surface area contributed by atoms with E-state index in [1.165, 1.54) is 12.3 Å². The van der Waals surface area contributed by atoms with Gasteiger partial charge in [0.15, 0.2) is 5.69 Å². The van der Waals surface area contributed by atoms with Crippen molar-refractivity contribution in [2.24, 2.45) is 5.92 Å². The summed E-state index contributed by atoms with van der Waals surface area (Å²) < 4.78 is 53.3. The molecule has 280 valence electrons. The quantitative estimate of drug-likeness (QED) is 0.114. The molecule has 16 heteroatoms. The van der Waals surface area contributed by atoms with Crippen LogP contribution in [-0.2, 0) is 22.2 Å². The third-order valence-corrected chi connectivity index (χ3v) is 9.71. The van der Waals surface area contributed by atoms with Crippen molar-refractivity contribution in [3.63, 3.8) is 0 Å². The maximum absolute atomic E-state index is 13.9. The summed E-state index contributed by atoms with van der Waals surface area (Å²) >= 11 is 0.798. The number of rotatable bonds is 15. The van der Waals surface area contributed by atoms with Gasteiger partial charge in [0.1, 0.15) is 16.4 Å². The number of likely N-dealkylation sites (N-methyl/N-ethyl adjacent to an activating group) is 1. The number of aromatic nitrogens is 3. The first-order chi connectivity index (χ1) is 24.9. The van der Waals surface area contributed by atoms with Crippen molar-refractivity contribution in [1.82, 2.24) is 29.7 Å². The van der Waals surface area contributed by atoms with E-state index in [1.54, 1.807) is 38.2 Å². The number of alkyl halides is 3. The van der Waals surface area contributed by atoms with Crippen molar-refractivity contribution >= 4 is 40.1 Å². The minimum Gasteiger partial charge on any atom is -0.462 e. The van der Waals surface area contributed by atoms with E-state index < -0.39 is 29.3 Å². The molecule has 0 bridgehead atoms. The largest absolute Gasteiger partial charge is 0.462 e. The first-order valence-corrected chi connectivity index (χ1v) is 18.2. The first kappa shape index (κ1) is 38.8. The van der Waals surface area contributed by atoms with E-state index in [0.29, 0.717) is 42.9 Å². The van der Waals surface area contributed by atoms with Crippen molar-refractivity contribution in [3.05, 3.63) is 63.5 Å². The highest BCUT2D eigenvalue weighted by Crippen LogP contribution is 2.39. The van der Waals surface area contributed by atoms with Crippen LogP contribution in [0.3, 0.4) is 0 Å². The summed E-state index contributed by atoms with van der Waals surface area (Å²) in [5.74, 6) is -0.367. The number of likely N-dealkylation sites (tertiary alicyclic amines) is 1. The Morgan fingerprint density at radius 3 is 2.63 bits per heavy atom. The lowest BCUT2D eigenvalue weighted by Crippen LogP contribution is -2.34. The molecular formula is C36H44F3N7O5S. The molecule has 2 amide bonds. The van der Waals surface area contributed by atoms with Gasteiger partial charge in [-0.25, -0.2) is 19.6 Å². The smallest absolute Gasteiger partial charge is 0.434 e. The van der Waals surface area contributed by atoms with Gasteiger partial charge in [-0.1, -0.05) is 6.07 Å². The van der Waals surface area contributed by atoms with E-state index in [9.17, 15) is 27.6 Å². The molecule has 1 unspecified atom stereocenters. The maximum atomic E-state index is 13.9. The highest BCUT2D eigenvalue weighted by Gasteiger charge is 2.34. The predicted octanol–water partition coefficient (Wildman–Crippen LogP) is 5.81. The predicted molar refractivity (Wildman–Crippen MR) is 195 cm³/mol. The molecule has 1 aliphatic heterocycles. The van der Waals surface area contributed by atoms with Crippen LogP contribution in [-0.4, -0.2) is 102 Å². The van der Waals surface area contributed by atoms with Gasteiger partial charge in [0.05, 0.1) is 18.7 Å². The molecule has 2 N–H and O–H groups in total. The van der Waals surface area contributed by atoms with Gasteiger partial charge in [0.25, 0.3) is 0 Å². The molecule has 4 aromatic rings. The number of carbonyl (C=O) groups is 2. The number of fused-ring (bicyclic) bond motifs is 1. The normalized spacial score (nSPS) is 15.0. The Morgan fingerprint density at radius 1 is 1.12 bits per heavy atom. The van der Waals surface area contributed by atoms with Gasteiger partial charge in [-0.2, -0.15) is 13.2 Å². The Bertz CT molecular complexity index is 1930. The van der Waals surface area contributed by atoms with E-state index in [1.807, 2.05) is 11.5 Å². The van der Waals surface area contributed by atoms with Gasteiger partial charge in [0, 0.05) is 80.2 Å². The molecule has 52 heavy (non-hydrogen) atoms. The molecule has 0 saturated carbocycles. The van der Waals surface area contributed by atoms with Gasteiger partial charge in [-0.05, 0) is 70.5 Å². The molecule has 12 nitrogen and oxygen atoms in total. The standard InChI is InChI=1S/C36H44F3N7O5S/c1-5-40-35(49)43-31-17-25(33-42-30(22-52-33)36(37,38)39)27(18-41-31)24-8-9-29-26(16-24)32(47)28(34(48)51-7-3)21-46(29)20-23-10-11-45(19-23)13-12-44(4)14-15-50-6-2/h8-9,16-18,21-23H,5-7,10-15,19-20H2,1-4H3,(H2,40,41,43,49). The summed E-state index contributed by atoms with van der Waals surface area (Å²) in [6.45, 7) is 12.3. The van der Waals surface area contributed by atoms with E-state index in [-0.39, 0.29) is 39.9 Å². The van der Waals surface area contributed by atoms with Crippen molar-refractivity contribution in [2.45, 2.75) is 39.9 Å². The number of nitrogens with zero attached hydrogens (tertiary/aromatic N) is 5. The molecule has 5 rings (SSSR count). The SMILES string of the molecule is CCNC(=O)Nc1cc(-c2nc(C(F)(F)F)cs2)c(-c2ccc3c(c2)c(=O)c(C(=O)OCC)cn3CC2CCN(CCN(C)CCOCC)C2)cn1.